The van der Waals surface area contributed by atoms with Crippen molar-refractivity contribution in [3.63, 3.8) is 0 Å². The topological polar surface area (TPSA) is 54.1 Å². The fourth-order valence-electron chi connectivity index (χ4n) is 3.49. The Bertz CT molecular complexity index is 857. The van der Waals surface area contributed by atoms with Crippen LogP contribution in [0, 0.1) is 0 Å². The molecule has 1 aromatic heterocycles. The molecule has 4 heteroatoms. The Labute approximate surface area is 160 Å². The van der Waals surface area contributed by atoms with Gasteiger partial charge in [0.1, 0.15) is 6.04 Å². The molecule has 0 bridgehead atoms. The van der Waals surface area contributed by atoms with E-state index in [0.29, 0.717) is 6.61 Å². The standard InChI is InChI=1S/C23H28N2O2/c1-3-27-23(26)22(25-17(2)18-10-5-4-6-11-18)15-9-12-19-16-24-21-14-8-7-13-20(19)21/h4-8,10-11,13-14,16-17,22,24-25H,3,9,12,15H2,1-2H3/t17?,22-/m0/s1. The minimum absolute atomic E-state index is 0.0914. The number of aromatic amines is 1. The fourth-order valence-corrected chi connectivity index (χ4v) is 3.49. The molecule has 142 valence electrons. The number of hydrogen-bond donors (Lipinski definition) is 2. The van der Waals surface area contributed by atoms with Crippen LogP contribution in [0.25, 0.3) is 10.9 Å². The van der Waals surface area contributed by atoms with Crippen molar-refractivity contribution in [2.45, 2.75) is 45.2 Å². The highest BCUT2D eigenvalue weighted by Crippen LogP contribution is 2.20. The Kier molecular flexibility index (Phi) is 6.66. The second kappa shape index (κ2) is 9.38. The van der Waals surface area contributed by atoms with Crippen LogP contribution in [0.1, 0.15) is 43.9 Å². The first-order chi connectivity index (χ1) is 13.2. The summed E-state index contributed by atoms with van der Waals surface area (Å²) >= 11 is 0. The van der Waals surface area contributed by atoms with Crippen LogP contribution in [-0.4, -0.2) is 23.6 Å². The minimum atomic E-state index is -0.301. The molecule has 3 aromatic rings. The van der Waals surface area contributed by atoms with Crippen LogP contribution in [-0.2, 0) is 16.0 Å². The van der Waals surface area contributed by atoms with E-state index in [9.17, 15) is 4.79 Å². The van der Waals surface area contributed by atoms with Gasteiger partial charge in [0.25, 0.3) is 0 Å². The van der Waals surface area contributed by atoms with Crippen LogP contribution in [0.15, 0.2) is 60.8 Å². The van der Waals surface area contributed by atoms with Gasteiger partial charge in [0.15, 0.2) is 0 Å². The van der Waals surface area contributed by atoms with Gasteiger partial charge in [0.2, 0.25) is 0 Å². The summed E-state index contributed by atoms with van der Waals surface area (Å²) in [6.07, 6.45) is 4.67. The molecule has 2 aromatic carbocycles. The number of carbonyl (C=O) groups excluding carboxylic acids is 1. The number of hydrogen-bond acceptors (Lipinski definition) is 3. The van der Waals surface area contributed by atoms with Crippen LogP contribution in [0.5, 0.6) is 0 Å². The quantitative estimate of drug-likeness (QED) is 0.538. The smallest absolute Gasteiger partial charge is 0.323 e. The summed E-state index contributed by atoms with van der Waals surface area (Å²) in [4.78, 5) is 15.7. The van der Waals surface area contributed by atoms with E-state index in [0.717, 1.165) is 24.8 Å². The van der Waals surface area contributed by atoms with Gasteiger partial charge in [0.05, 0.1) is 6.61 Å². The van der Waals surface area contributed by atoms with Gasteiger partial charge in [-0.3, -0.25) is 10.1 Å². The van der Waals surface area contributed by atoms with E-state index in [4.69, 9.17) is 4.74 Å². The van der Waals surface area contributed by atoms with Crippen molar-refractivity contribution in [2.75, 3.05) is 6.61 Å². The van der Waals surface area contributed by atoms with Gasteiger partial charge < -0.3 is 9.72 Å². The van der Waals surface area contributed by atoms with E-state index in [1.165, 1.54) is 16.5 Å². The Morgan fingerprint density at radius 3 is 2.63 bits per heavy atom. The molecule has 0 aliphatic rings. The first kappa shape index (κ1) is 19.2. The Morgan fingerprint density at radius 1 is 1.11 bits per heavy atom. The van der Waals surface area contributed by atoms with Gasteiger partial charge in [-0.15, -0.1) is 0 Å². The zero-order valence-corrected chi connectivity index (χ0v) is 16.1. The number of para-hydroxylation sites is 1. The van der Waals surface area contributed by atoms with Crippen LogP contribution in [0.3, 0.4) is 0 Å². The van der Waals surface area contributed by atoms with Crippen LogP contribution in [0.2, 0.25) is 0 Å². The molecule has 0 aliphatic heterocycles. The molecule has 0 saturated carbocycles. The van der Waals surface area contributed by atoms with E-state index in [-0.39, 0.29) is 18.1 Å². The summed E-state index contributed by atoms with van der Waals surface area (Å²) in [5, 5.41) is 4.71. The van der Waals surface area contributed by atoms with Crippen LogP contribution < -0.4 is 5.32 Å². The number of esters is 1. The number of carbonyl (C=O) groups is 1. The maximum atomic E-state index is 12.4. The molecule has 0 radical (unpaired) electrons. The average Bonchev–Trinajstić information content (AvgIpc) is 3.11. The molecule has 0 spiro atoms. The van der Waals surface area contributed by atoms with Gasteiger partial charge in [-0.05, 0) is 50.3 Å². The van der Waals surface area contributed by atoms with E-state index in [1.807, 2.05) is 31.2 Å². The summed E-state index contributed by atoms with van der Waals surface area (Å²) in [5.74, 6) is -0.167. The molecule has 0 fully saturated rings. The predicted molar refractivity (Wildman–Crippen MR) is 110 cm³/mol. The highest BCUT2D eigenvalue weighted by atomic mass is 16.5. The lowest BCUT2D eigenvalue weighted by atomic mass is 10.0. The monoisotopic (exact) mass is 364 g/mol. The average molecular weight is 364 g/mol. The lowest BCUT2D eigenvalue weighted by molar-refractivity contribution is -0.146. The van der Waals surface area contributed by atoms with Gasteiger partial charge >= 0.3 is 5.97 Å². The van der Waals surface area contributed by atoms with E-state index in [2.05, 4.69) is 53.8 Å². The molecule has 0 amide bonds. The van der Waals surface area contributed by atoms with Gasteiger partial charge in [0, 0.05) is 23.1 Å². The molecule has 0 saturated heterocycles. The normalized spacial score (nSPS) is 13.4. The second-order valence-electron chi connectivity index (χ2n) is 6.86. The third-order valence-electron chi connectivity index (χ3n) is 4.94. The van der Waals surface area contributed by atoms with Gasteiger partial charge in [-0.2, -0.15) is 0 Å². The molecular formula is C23H28N2O2. The SMILES string of the molecule is CCOC(=O)[C@H](CCCc1c[nH]c2ccccc12)NC(C)c1ccccc1. The first-order valence-corrected chi connectivity index (χ1v) is 9.71. The molecule has 4 nitrogen and oxygen atoms in total. The number of aromatic nitrogens is 1. The lowest BCUT2D eigenvalue weighted by Gasteiger charge is -2.22. The van der Waals surface area contributed by atoms with Crippen molar-refractivity contribution in [1.82, 2.24) is 10.3 Å². The van der Waals surface area contributed by atoms with Crippen molar-refractivity contribution < 1.29 is 9.53 Å². The molecule has 0 aliphatic carbocycles. The molecular weight excluding hydrogens is 336 g/mol. The molecule has 2 atom stereocenters. The summed E-state index contributed by atoms with van der Waals surface area (Å²) in [5.41, 5.74) is 3.62. The highest BCUT2D eigenvalue weighted by molar-refractivity contribution is 5.83. The molecule has 3 rings (SSSR count). The summed E-state index contributed by atoms with van der Waals surface area (Å²) < 4.78 is 5.29. The van der Waals surface area contributed by atoms with Crippen LogP contribution in [0.4, 0.5) is 0 Å². The molecule has 2 N–H and O–H groups in total. The number of aryl methyl sites for hydroxylation is 1. The lowest BCUT2D eigenvalue weighted by Crippen LogP contribution is -2.39. The number of rotatable bonds is 9. The number of benzene rings is 2. The molecule has 27 heavy (non-hydrogen) atoms. The summed E-state index contributed by atoms with van der Waals surface area (Å²) in [7, 11) is 0. The number of H-pyrrole nitrogens is 1. The third kappa shape index (κ3) is 4.98. The van der Waals surface area contributed by atoms with E-state index >= 15 is 0 Å². The van der Waals surface area contributed by atoms with Gasteiger partial charge in [-0.25, -0.2) is 0 Å². The predicted octanol–water partition coefficient (Wildman–Crippen LogP) is 4.77. The molecule has 1 unspecified atom stereocenters. The van der Waals surface area contributed by atoms with Gasteiger partial charge in [-0.1, -0.05) is 48.5 Å². The van der Waals surface area contributed by atoms with E-state index in [1.54, 1.807) is 0 Å². The summed E-state index contributed by atoms with van der Waals surface area (Å²) in [6, 6.07) is 18.3. The minimum Gasteiger partial charge on any atom is -0.465 e. The van der Waals surface area contributed by atoms with Crippen molar-refractivity contribution >= 4 is 16.9 Å². The Balaban J connectivity index is 1.62. The number of fused-ring (bicyclic) bond motifs is 1. The number of ether oxygens (including phenoxy) is 1. The fraction of sp³-hybridized carbons (Fsp3) is 0.348. The maximum Gasteiger partial charge on any atom is 0.323 e. The first-order valence-electron chi connectivity index (χ1n) is 9.71. The van der Waals surface area contributed by atoms with Crippen molar-refractivity contribution in [3.05, 3.63) is 71.9 Å². The van der Waals surface area contributed by atoms with E-state index < -0.39 is 0 Å². The molecule has 1 heterocycles. The number of nitrogens with one attached hydrogen (secondary N) is 2. The van der Waals surface area contributed by atoms with Crippen molar-refractivity contribution in [1.29, 1.82) is 0 Å². The van der Waals surface area contributed by atoms with Crippen molar-refractivity contribution in [3.8, 4) is 0 Å². The highest BCUT2D eigenvalue weighted by Gasteiger charge is 2.22. The zero-order chi connectivity index (χ0) is 19.1. The largest absolute Gasteiger partial charge is 0.465 e. The maximum absolute atomic E-state index is 12.4. The third-order valence-corrected chi connectivity index (χ3v) is 4.94. The Morgan fingerprint density at radius 2 is 1.85 bits per heavy atom. The zero-order valence-electron chi connectivity index (χ0n) is 16.1. The summed E-state index contributed by atoms with van der Waals surface area (Å²) in [6.45, 7) is 4.34. The van der Waals surface area contributed by atoms with Crippen molar-refractivity contribution in [2.24, 2.45) is 0 Å². The van der Waals surface area contributed by atoms with Crippen LogP contribution >= 0.6 is 0 Å². The second-order valence-corrected chi connectivity index (χ2v) is 6.86. The Hall–Kier alpha value is -2.59.